The highest BCUT2D eigenvalue weighted by atomic mass is 28.3. The zero-order chi connectivity index (χ0) is 10.8. The van der Waals surface area contributed by atoms with Crippen LogP contribution in [0.2, 0.25) is 19.6 Å². The summed E-state index contributed by atoms with van der Waals surface area (Å²) in [5, 5.41) is 8.97. The van der Waals surface area contributed by atoms with Crippen LogP contribution >= 0.6 is 0 Å². The van der Waals surface area contributed by atoms with Gasteiger partial charge in [-0.05, 0) is 13.3 Å². The zero-order valence-corrected chi connectivity index (χ0v) is 10.6. The first-order chi connectivity index (χ1) is 6.37. The molecule has 1 N–H and O–H groups in total. The summed E-state index contributed by atoms with van der Waals surface area (Å²) in [7, 11) is -1.20. The van der Waals surface area contributed by atoms with Crippen molar-refractivity contribution in [2.75, 3.05) is 6.61 Å². The normalized spacial score (nSPS) is 30.8. The van der Waals surface area contributed by atoms with E-state index in [-0.39, 0.29) is 18.3 Å². The summed E-state index contributed by atoms with van der Waals surface area (Å²) in [4.78, 5) is 0. The molecule has 0 bridgehead atoms. The first kappa shape index (κ1) is 11.8. The summed E-state index contributed by atoms with van der Waals surface area (Å²) >= 11 is 0. The average Bonchev–Trinajstić information content (AvgIpc) is 2.71. The fourth-order valence-electron chi connectivity index (χ4n) is 1.33. The van der Waals surface area contributed by atoms with Gasteiger partial charge < -0.3 is 9.84 Å². The van der Waals surface area contributed by atoms with Crippen LogP contribution in [-0.2, 0) is 4.74 Å². The molecule has 1 aliphatic heterocycles. The largest absolute Gasteiger partial charge is 0.393 e. The Labute approximate surface area is 87.7 Å². The van der Waals surface area contributed by atoms with Gasteiger partial charge in [-0.2, -0.15) is 0 Å². The van der Waals surface area contributed by atoms with E-state index in [0.717, 1.165) is 12.8 Å². The molecule has 0 radical (unpaired) electrons. The summed E-state index contributed by atoms with van der Waals surface area (Å²) < 4.78 is 5.38. The van der Waals surface area contributed by atoms with Gasteiger partial charge in [0, 0.05) is 6.42 Å². The standard InChI is InChI=1S/C11H20O2Si/c1-11(9-12)10(13-11)7-5-6-8-14(2,3)4/h10,12H,5,7,9H2,1-4H3/t10-,11+/m1/s1. The predicted molar refractivity (Wildman–Crippen MR) is 60.7 cm³/mol. The molecule has 1 rings (SSSR count). The molecule has 0 spiro atoms. The molecule has 0 unspecified atom stereocenters. The van der Waals surface area contributed by atoms with Crippen LogP contribution in [0.1, 0.15) is 19.8 Å². The lowest BCUT2D eigenvalue weighted by molar-refractivity contribution is 0.184. The average molecular weight is 212 g/mol. The SMILES string of the molecule is C[C@@]1(CO)O[C@@H]1CCC#C[Si](C)(C)C. The van der Waals surface area contributed by atoms with Crippen molar-refractivity contribution in [1.29, 1.82) is 0 Å². The van der Waals surface area contributed by atoms with Crippen LogP contribution < -0.4 is 0 Å². The van der Waals surface area contributed by atoms with Crippen molar-refractivity contribution in [3.05, 3.63) is 0 Å². The molecule has 3 heteroatoms. The molecule has 2 nitrogen and oxygen atoms in total. The highest BCUT2D eigenvalue weighted by Crippen LogP contribution is 2.38. The minimum atomic E-state index is -1.20. The van der Waals surface area contributed by atoms with Crippen LogP contribution in [0.4, 0.5) is 0 Å². The highest BCUT2D eigenvalue weighted by Gasteiger charge is 2.50. The zero-order valence-electron chi connectivity index (χ0n) is 9.55. The lowest BCUT2D eigenvalue weighted by Gasteiger charge is -2.03. The number of epoxide rings is 1. The summed E-state index contributed by atoms with van der Waals surface area (Å²) in [5.74, 6) is 3.21. The molecular formula is C11H20O2Si. The molecule has 1 heterocycles. The van der Waals surface area contributed by atoms with E-state index in [9.17, 15) is 0 Å². The van der Waals surface area contributed by atoms with Gasteiger partial charge in [-0.3, -0.25) is 0 Å². The van der Waals surface area contributed by atoms with E-state index in [2.05, 4.69) is 31.1 Å². The van der Waals surface area contributed by atoms with Gasteiger partial charge >= 0.3 is 0 Å². The Morgan fingerprint density at radius 3 is 2.50 bits per heavy atom. The van der Waals surface area contributed by atoms with Crippen LogP contribution in [0.3, 0.4) is 0 Å². The maximum atomic E-state index is 8.97. The molecule has 0 aromatic carbocycles. The van der Waals surface area contributed by atoms with Crippen LogP contribution in [0.25, 0.3) is 0 Å². The van der Waals surface area contributed by atoms with Crippen molar-refractivity contribution in [2.24, 2.45) is 0 Å². The summed E-state index contributed by atoms with van der Waals surface area (Å²) in [5.41, 5.74) is 3.06. The van der Waals surface area contributed by atoms with E-state index in [1.807, 2.05) is 6.92 Å². The van der Waals surface area contributed by atoms with Crippen molar-refractivity contribution >= 4 is 8.07 Å². The Bertz CT molecular complexity index is 259. The topological polar surface area (TPSA) is 32.8 Å². The van der Waals surface area contributed by atoms with Crippen molar-refractivity contribution < 1.29 is 9.84 Å². The van der Waals surface area contributed by atoms with Crippen LogP contribution in [0.5, 0.6) is 0 Å². The molecule has 14 heavy (non-hydrogen) atoms. The van der Waals surface area contributed by atoms with E-state index >= 15 is 0 Å². The van der Waals surface area contributed by atoms with E-state index < -0.39 is 8.07 Å². The van der Waals surface area contributed by atoms with Gasteiger partial charge in [-0.1, -0.05) is 19.6 Å². The number of rotatable bonds is 3. The Morgan fingerprint density at radius 1 is 1.43 bits per heavy atom. The maximum absolute atomic E-state index is 8.97. The lowest BCUT2D eigenvalue weighted by atomic mass is 10.1. The number of hydrogen-bond acceptors (Lipinski definition) is 2. The van der Waals surface area contributed by atoms with E-state index in [1.54, 1.807) is 0 Å². The second-order valence-corrected chi connectivity index (χ2v) is 9.92. The number of hydrogen-bond donors (Lipinski definition) is 1. The Balaban J connectivity index is 2.21. The van der Waals surface area contributed by atoms with E-state index in [4.69, 9.17) is 9.84 Å². The molecule has 0 aromatic heterocycles. The third-order valence-electron chi connectivity index (χ3n) is 2.34. The first-order valence-electron chi connectivity index (χ1n) is 5.16. The molecule has 0 aliphatic carbocycles. The fraction of sp³-hybridized carbons (Fsp3) is 0.818. The van der Waals surface area contributed by atoms with Gasteiger partial charge in [0.1, 0.15) is 13.7 Å². The molecule has 1 fully saturated rings. The third-order valence-corrected chi connectivity index (χ3v) is 3.27. The quantitative estimate of drug-likeness (QED) is 0.439. The molecule has 1 saturated heterocycles. The van der Waals surface area contributed by atoms with Gasteiger partial charge in [0.25, 0.3) is 0 Å². The van der Waals surface area contributed by atoms with Crippen LogP contribution in [0.15, 0.2) is 0 Å². The maximum Gasteiger partial charge on any atom is 0.129 e. The number of ether oxygens (including phenoxy) is 1. The molecule has 0 saturated carbocycles. The lowest BCUT2D eigenvalue weighted by Crippen LogP contribution is -2.16. The molecule has 2 atom stereocenters. The predicted octanol–water partition coefficient (Wildman–Crippen LogP) is 1.80. The number of aliphatic hydroxyl groups is 1. The minimum absolute atomic E-state index is 0.124. The van der Waals surface area contributed by atoms with E-state index in [0.29, 0.717) is 0 Å². The van der Waals surface area contributed by atoms with Gasteiger partial charge in [0.2, 0.25) is 0 Å². The smallest absolute Gasteiger partial charge is 0.129 e. The Morgan fingerprint density at radius 2 is 2.07 bits per heavy atom. The first-order valence-corrected chi connectivity index (χ1v) is 8.66. The molecule has 80 valence electrons. The van der Waals surface area contributed by atoms with Crippen molar-refractivity contribution in [1.82, 2.24) is 0 Å². The van der Waals surface area contributed by atoms with Gasteiger partial charge in [0.05, 0.1) is 12.7 Å². The Kier molecular flexibility index (Phi) is 3.41. The minimum Gasteiger partial charge on any atom is -0.393 e. The number of aliphatic hydroxyl groups excluding tert-OH is 1. The monoisotopic (exact) mass is 212 g/mol. The molecule has 0 aromatic rings. The van der Waals surface area contributed by atoms with Crippen molar-refractivity contribution in [3.63, 3.8) is 0 Å². The van der Waals surface area contributed by atoms with Gasteiger partial charge in [-0.15, -0.1) is 11.5 Å². The summed E-state index contributed by atoms with van der Waals surface area (Å²) in [6.07, 6.45) is 2.07. The molecule has 1 aliphatic rings. The van der Waals surface area contributed by atoms with Gasteiger partial charge in [-0.25, -0.2) is 0 Å². The van der Waals surface area contributed by atoms with Crippen LogP contribution in [-0.4, -0.2) is 31.5 Å². The van der Waals surface area contributed by atoms with Crippen molar-refractivity contribution in [3.8, 4) is 11.5 Å². The van der Waals surface area contributed by atoms with E-state index in [1.165, 1.54) is 0 Å². The molecular weight excluding hydrogens is 192 g/mol. The highest BCUT2D eigenvalue weighted by molar-refractivity contribution is 6.83. The second-order valence-electron chi connectivity index (χ2n) is 5.17. The second kappa shape index (κ2) is 4.06. The Hall–Kier alpha value is -0.303. The molecule has 0 amide bonds. The third kappa shape index (κ3) is 3.45. The summed E-state index contributed by atoms with van der Waals surface area (Å²) in [6, 6.07) is 0. The van der Waals surface area contributed by atoms with Gasteiger partial charge in [0.15, 0.2) is 0 Å². The van der Waals surface area contributed by atoms with Crippen LogP contribution in [0, 0.1) is 11.5 Å². The summed E-state index contributed by atoms with van der Waals surface area (Å²) in [6.45, 7) is 8.80. The fourth-order valence-corrected chi connectivity index (χ4v) is 1.98. The van der Waals surface area contributed by atoms with Crippen molar-refractivity contribution in [2.45, 2.75) is 51.1 Å².